The van der Waals surface area contributed by atoms with E-state index in [4.69, 9.17) is 0 Å². The van der Waals surface area contributed by atoms with Crippen LogP contribution in [0.3, 0.4) is 0 Å². The second-order valence-electron chi connectivity index (χ2n) is 5.26. The van der Waals surface area contributed by atoms with Crippen molar-refractivity contribution in [3.63, 3.8) is 0 Å². The number of carbonyl (C=O) groups excluding carboxylic acids is 1. The summed E-state index contributed by atoms with van der Waals surface area (Å²) in [7, 11) is -2.33. The number of hydrogen-bond acceptors (Lipinski definition) is 5. The van der Waals surface area contributed by atoms with E-state index in [0.717, 1.165) is 30.6 Å². The van der Waals surface area contributed by atoms with Gasteiger partial charge in [-0.2, -0.15) is 0 Å². The van der Waals surface area contributed by atoms with Crippen molar-refractivity contribution >= 4 is 33.2 Å². The smallest absolute Gasteiger partial charge is 0.329 e. The Hall–Kier alpha value is -1.45. The molecule has 7 nitrogen and oxygen atoms in total. The maximum Gasteiger partial charge on any atom is 0.329 e. The second-order valence-corrected chi connectivity index (χ2v) is 8.05. The molecule has 0 radical (unpaired) electrons. The molecule has 1 fully saturated rings. The van der Waals surface area contributed by atoms with Crippen LogP contribution < -0.4 is 10.0 Å². The molecule has 1 amide bonds. The molecule has 0 bridgehead atoms. The number of nitrogens with one attached hydrogen (secondary N) is 2. The molecule has 0 atom stereocenters. The maximum absolute atomic E-state index is 12.3. The summed E-state index contributed by atoms with van der Waals surface area (Å²) in [6.07, 6.45) is 3.23. The van der Waals surface area contributed by atoms with Gasteiger partial charge < -0.3 is 10.4 Å². The highest BCUT2D eigenvalue weighted by Gasteiger charge is 2.41. The van der Waals surface area contributed by atoms with Crippen molar-refractivity contribution in [3.05, 3.63) is 16.3 Å². The van der Waals surface area contributed by atoms with E-state index >= 15 is 0 Å². The predicted octanol–water partition coefficient (Wildman–Crippen LogP) is 1.17. The molecule has 1 aromatic heterocycles. The van der Waals surface area contributed by atoms with Crippen LogP contribution in [-0.4, -0.2) is 38.0 Å². The van der Waals surface area contributed by atoms with Crippen molar-refractivity contribution in [2.75, 3.05) is 7.05 Å². The molecule has 1 saturated carbocycles. The van der Waals surface area contributed by atoms with Crippen molar-refractivity contribution in [2.45, 2.75) is 42.5 Å². The van der Waals surface area contributed by atoms with Gasteiger partial charge in [0.25, 0.3) is 5.91 Å². The molecule has 1 aromatic rings. The minimum absolute atomic E-state index is 0.00170. The van der Waals surface area contributed by atoms with Crippen molar-refractivity contribution in [2.24, 2.45) is 0 Å². The van der Waals surface area contributed by atoms with Gasteiger partial charge in [-0.1, -0.05) is 19.3 Å². The number of carbonyl (C=O) groups is 2. The molecule has 3 N–H and O–H groups in total. The first-order chi connectivity index (χ1) is 10.3. The third-order valence-corrected chi connectivity index (χ3v) is 6.32. The third kappa shape index (κ3) is 3.31. The highest BCUT2D eigenvalue weighted by atomic mass is 32.2. The Balaban J connectivity index is 2.20. The molecule has 0 unspecified atom stereocenters. The van der Waals surface area contributed by atoms with Crippen molar-refractivity contribution in [3.8, 4) is 0 Å². The highest BCUT2D eigenvalue weighted by molar-refractivity contribution is 7.89. The van der Waals surface area contributed by atoms with Gasteiger partial charge in [-0.3, -0.25) is 4.79 Å². The minimum Gasteiger partial charge on any atom is -0.480 e. The molecule has 1 aliphatic rings. The topological polar surface area (TPSA) is 113 Å². The Morgan fingerprint density at radius 2 is 1.91 bits per heavy atom. The van der Waals surface area contributed by atoms with E-state index in [0.29, 0.717) is 12.8 Å². The van der Waals surface area contributed by atoms with Gasteiger partial charge >= 0.3 is 5.97 Å². The predicted molar refractivity (Wildman–Crippen MR) is 81.5 cm³/mol. The quantitative estimate of drug-likeness (QED) is 0.741. The van der Waals surface area contributed by atoms with Gasteiger partial charge in [0.2, 0.25) is 10.0 Å². The molecule has 1 heterocycles. The summed E-state index contributed by atoms with van der Waals surface area (Å²) in [4.78, 5) is 24.0. The maximum atomic E-state index is 12.3. The minimum atomic E-state index is -3.61. The van der Waals surface area contributed by atoms with E-state index in [1.54, 1.807) is 0 Å². The number of aliphatic carboxylic acids is 1. The first-order valence-corrected chi connectivity index (χ1v) is 9.25. The fourth-order valence-electron chi connectivity index (χ4n) is 2.52. The Morgan fingerprint density at radius 1 is 1.27 bits per heavy atom. The number of carboxylic acid groups (broad SMARTS) is 1. The summed E-state index contributed by atoms with van der Waals surface area (Å²) in [6.45, 7) is 0. The summed E-state index contributed by atoms with van der Waals surface area (Å²) in [5.41, 5.74) is -1.25. The molecule has 22 heavy (non-hydrogen) atoms. The monoisotopic (exact) mass is 346 g/mol. The normalized spacial score (nSPS) is 17.9. The van der Waals surface area contributed by atoms with Crippen LogP contribution in [0.1, 0.15) is 41.8 Å². The van der Waals surface area contributed by atoms with E-state index in [-0.39, 0.29) is 9.77 Å². The summed E-state index contributed by atoms with van der Waals surface area (Å²) in [5.74, 6) is -1.59. The van der Waals surface area contributed by atoms with Crippen molar-refractivity contribution < 1.29 is 23.1 Å². The number of thiophene rings is 1. The van der Waals surface area contributed by atoms with E-state index < -0.39 is 27.4 Å². The molecule has 9 heteroatoms. The number of amides is 1. The Labute approximate surface area is 132 Å². The van der Waals surface area contributed by atoms with Crippen LogP contribution in [0, 0.1) is 0 Å². The standard InChI is InChI=1S/C13H18N2O5S2/c1-14-22(19,20)9-7-10(21-8-9)11(16)15-13(12(17)18)5-3-2-4-6-13/h7-8,14H,2-6H2,1H3,(H,15,16)(H,17,18). The fraction of sp³-hybridized carbons (Fsp3) is 0.538. The molecule has 0 aromatic carbocycles. The molecular weight excluding hydrogens is 328 g/mol. The van der Waals surface area contributed by atoms with Gasteiger partial charge in [0.15, 0.2) is 0 Å². The Kier molecular flexibility index (Phi) is 4.88. The molecule has 0 saturated heterocycles. The summed E-state index contributed by atoms with van der Waals surface area (Å²) < 4.78 is 25.5. The number of carboxylic acids is 1. The summed E-state index contributed by atoms with van der Waals surface area (Å²) in [5, 5.41) is 13.4. The van der Waals surface area contributed by atoms with E-state index in [9.17, 15) is 23.1 Å². The summed E-state index contributed by atoms with van der Waals surface area (Å²) >= 11 is 0.975. The Bertz CT molecular complexity index is 674. The average Bonchev–Trinajstić information content (AvgIpc) is 2.99. The van der Waals surface area contributed by atoms with Gasteiger partial charge in [-0.15, -0.1) is 11.3 Å². The average molecular weight is 346 g/mol. The van der Waals surface area contributed by atoms with Gasteiger partial charge in [0.05, 0.1) is 9.77 Å². The van der Waals surface area contributed by atoms with Gasteiger partial charge in [-0.25, -0.2) is 17.9 Å². The van der Waals surface area contributed by atoms with Crippen LogP contribution in [0.25, 0.3) is 0 Å². The zero-order chi connectivity index (χ0) is 16.4. The van der Waals surface area contributed by atoms with Gasteiger partial charge in [0, 0.05) is 5.38 Å². The van der Waals surface area contributed by atoms with Crippen LogP contribution in [0.15, 0.2) is 16.3 Å². The van der Waals surface area contributed by atoms with Crippen molar-refractivity contribution in [1.82, 2.24) is 10.0 Å². The lowest BCUT2D eigenvalue weighted by Gasteiger charge is -2.33. The van der Waals surface area contributed by atoms with Crippen LogP contribution in [-0.2, 0) is 14.8 Å². The highest BCUT2D eigenvalue weighted by Crippen LogP contribution is 2.29. The summed E-state index contributed by atoms with van der Waals surface area (Å²) in [6, 6.07) is 1.25. The molecule has 0 spiro atoms. The largest absolute Gasteiger partial charge is 0.480 e. The van der Waals surface area contributed by atoms with Gasteiger partial charge in [0.1, 0.15) is 5.54 Å². The second kappa shape index (κ2) is 6.35. The first kappa shape index (κ1) is 16.9. The van der Waals surface area contributed by atoms with Crippen molar-refractivity contribution in [1.29, 1.82) is 0 Å². The van der Waals surface area contributed by atoms with E-state index in [1.807, 2.05) is 0 Å². The number of rotatable bonds is 5. The van der Waals surface area contributed by atoms with E-state index in [1.165, 1.54) is 18.5 Å². The molecule has 0 aliphatic heterocycles. The zero-order valence-corrected chi connectivity index (χ0v) is 13.7. The van der Waals surface area contributed by atoms with Crippen LogP contribution in [0.2, 0.25) is 0 Å². The number of hydrogen-bond donors (Lipinski definition) is 3. The number of sulfonamides is 1. The van der Waals surface area contributed by atoms with Crippen LogP contribution in [0.5, 0.6) is 0 Å². The Morgan fingerprint density at radius 3 is 2.45 bits per heavy atom. The molecular formula is C13H18N2O5S2. The molecule has 1 aliphatic carbocycles. The lowest BCUT2D eigenvalue weighted by atomic mass is 9.81. The molecule has 2 rings (SSSR count). The van der Waals surface area contributed by atoms with E-state index in [2.05, 4.69) is 10.0 Å². The third-order valence-electron chi connectivity index (χ3n) is 3.85. The van der Waals surface area contributed by atoms with Gasteiger partial charge in [-0.05, 0) is 26.0 Å². The molecule has 122 valence electrons. The lowest BCUT2D eigenvalue weighted by molar-refractivity contribution is -0.145. The first-order valence-electron chi connectivity index (χ1n) is 6.89. The SMILES string of the molecule is CNS(=O)(=O)c1csc(C(=O)NC2(C(=O)O)CCCCC2)c1. The van der Waals surface area contributed by atoms with Crippen LogP contribution in [0.4, 0.5) is 0 Å². The van der Waals surface area contributed by atoms with Crippen LogP contribution >= 0.6 is 11.3 Å². The fourth-order valence-corrected chi connectivity index (χ4v) is 4.42. The zero-order valence-electron chi connectivity index (χ0n) is 12.1. The lowest BCUT2D eigenvalue weighted by Crippen LogP contribution is -2.55.